The van der Waals surface area contributed by atoms with Crippen LogP contribution in [0.3, 0.4) is 0 Å². The van der Waals surface area contributed by atoms with E-state index in [4.69, 9.17) is 4.74 Å². The van der Waals surface area contributed by atoms with E-state index in [1.807, 2.05) is 20.8 Å². The van der Waals surface area contributed by atoms with Crippen molar-refractivity contribution in [1.29, 1.82) is 0 Å². The molecule has 0 aliphatic heterocycles. The fourth-order valence-corrected chi connectivity index (χ4v) is 3.57. The Hall–Kier alpha value is -2.39. The summed E-state index contributed by atoms with van der Waals surface area (Å²) >= 11 is 0. The molecule has 2 rings (SSSR count). The normalized spacial score (nSPS) is 12.8. The molecule has 0 aliphatic rings. The molecule has 0 radical (unpaired) electrons. The van der Waals surface area contributed by atoms with Gasteiger partial charge >= 0.3 is 0 Å². The molecule has 2 aromatic rings. The summed E-state index contributed by atoms with van der Waals surface area (Å²) in [7, 11) is -3.85. The van der Waals surface area contributed by atoms with Gasteiger partial charge in [-0.25, -0.2) is 8.42 Å². The number of carbonyl (C=O) groups excluding carboxylic acids is 1. The van der Waals surface area contributed by atoms with Gasteiger partial charge < -0.3 is 10.1 Å². The van der Waals surface area contributed by atoms with Crippen LogP contribution in [-0.2, 0) is 14.8 Å². The number of H-pyrrole nitrogens is 1. The molecule has 1 heterocycles. The van der Waals surface area contributed by atoms with Crippen LogP contribution in [0.5, 0.6) is 5.75 Å². The molecule has 0 spiro atoms. The SMILES string of the molecule is CCOc1ccc(S(=O)(=O)N[C@@H](CC(C)C)C(=O)Nc2ccn[nH]2)cc1. The zero-order valence-electron chi connectivity index (χ0n) is 15.0. The van der Waals surface area contributed by atoms with Gasteiger partial charge in [-0.2, -0.15) is 9.82 Å². The second-order valence-electron chi connectivity index (χ2n) is 6.17. The van der Waals surface area contributed by atoms with E-state index in [2.05, 4.69) is 20.2 Å². The van der Waals surface area contributed by atoms with E-state index < -0.39 is 22.0 Å². The summed E-state index contributed by atoms with van der Waals surface area (Å²) in [5, 5.41) is 8.99. The van der Waals surface area contributed by atoms with Crippen molar-refractivity contribution in [2.75, 3.05) is 11.9 Å². The molecule has 0 aliphatic carbocycles. The van der Waals surface area contributed by atoms with Gasteiger partial charge in [0, 0.05) is 6.07 Å². The molecule has 0 unspecified atom stereocenters. The van der Waals surface area contributed by atoms with Crippen molar-refractivity contribution in [3.05, 3.63) is 36.5 Å². The van der Waals surface area contributed by atoms with E-state index in [9.17, 15) is 13.2 Å². The maximum atomic E-state index is 12.6. The average Bonchev–Trinajstić information content (AvgIpc) is 3.07. The molecule has 0 bridgehead atoms. The Kier molecular flexibility index (Phi) is 6.76. The number of carbonyl (C=O) groups is 1. The second kappa shape index (κ2) is 8.81. The van der Waals surface area contributed by atoms with Crippen LogP contribution >= 0.6 is 0 Å². The van der Waals surface area contributed by atoms with E-state index in [1.165, 1.54) is 18.3 Å². The van der Waals surface area contributed by atoms with E-state index in [0.29, 0.717) is 24.6 Å². The van der Waals surface area contributed by atoms with Gasteiger partial charge in [0.2, 0.25) is 15.9 Å². The number of nitrogens with one attached hydrogen (secondary N) is 3. The van der Waals surface area contributed by atoms with Crippen molar-refractivity contribution in [1.82, 2.24) is 14.9 Å². The fourth-order valence-electron chi connectivity index (χ4n) is 2.36. The summed E-state index contributed by atoms with van der Waals surface area (Å²) in [5.74, 6) is 0.666. The molecule has 0 saturated carbocycles. The first-order valence-corrected chi connectivity index (χ1v) is 9.85. The zero-order valence-corrected chi connectivity index (χ0v) is 15.8. The first-order chi connectivity index (χ1) is 12.3. The lowest BCUT2D eigenvalue weighted by Gasteiger charge is -2.20. The van der Waals surface area contributed by atoms with Crippen LogP contribution < -0.4 is 14.8 Å². The van der Waals surface area contributed by atoms with Gasteiger partial charge in [0.15, 0.2) is 0 Å². The maximum Gasteiger partial charge on any atom is 0.243 e. The first kappa shape index (κ1) is 19.9. The number of anilines is 1. The average molecular weight is 380 g/mol. The molecule has 1 amide bonds. The van der Waals surface area contributed by atoms with Gasteiger partial charge in [0.25, 0.3) is 0 Å². The van der Waals surface area contributed by atoms with Crippen molar-refractivity contribution in [3.63, 3.8) is 0 Å². The highest BCUT2D eigenvalue weighted by Crippen LogP contribution is 2.17. The highest BCUT2D eigenvalue weighted by molar-refractivity contribution is 7.89. The Balaban J connectivity index is 2.15. The van der Waals surface area contributed by atoms with Crippen LogP contribution in [0.4, 0.5) is 5.82 Å². The lowest BCUT2D eigenvalue weighted by atomic mass is 10.0. The predicted octanol–water partition coefficient (Wildman–Crippen LogP) is 2.14. The molecular formula is C17H24N4O4S. The maximum absolute atomic E-state index is 12.6. The summed E-state index contributed by atoms with van der Waals surface area (Å²) in [5.41, 5.74) is 0. The summed E-state index contributed by atoms with van der Waals surface area (Å²) in [6.07, 6.45) is 1.85. The molecule has 9 heteroatoms. The number of benzene rings is 1. The minimum absolute atomic E-state index is 0.0732. The number of aromatic nitrogens is 2. The van der Waals surface area contributed by atoms with Gasteiger partial charge in [0.05, 0.1) is 17.7 Å². The smallest absolute Gasteiger partial charge is 0.243 e. The number of ether oxygens (including phenoxy) is 1. The number of hydrogen-bond donors (Lipinski definition) is 3. The van der Waals surface area contributed by atoms with Gasteiger partial charge in [-0.05, 0) is 43.5 Å². The minimum Gasteiger partial charge on any atom is -0.494 e. The summed E-state index contributed by atoms with van der Waals surface area (Å²) in [4.78, 5) is 12.6. The van der Waals surface area contributed by atoms with Crippen molar-refractivity contribution in [3.8, 4) is 5.75 Å². The lowest BCUT2D eigenvalue weighted by Crippen LogP contribution is -2.44. The van der Waals surface area contributed by atoms with Crippen LogP contribution in [-0.4, -0.2) is 37.2 Å². The van der Waals surface area contributed by atoms with Crippen LogP contribution in [0, 0.1) is 5.92 Å². The zero-order chi connectivity index (χ0) is 19.2. The summed E-state index contributed by atoms with van der Waals surface area (Å²) in [6, 6.07) is 6.75. The van der Waals surface area contributed by atoms with Crippen LogP contribution in [0.2, 0.25) is 0 Å². The van der Waals surface area contributed by atoms with Crippen LogP contribution in [0.15, 0.2) is 41.4 Å². The number of sulfonamides is 1. The molecule has 1 aromatic carbocycles. The third-order valence-electron chi connectivity index (χ3n) is 3.52. The quantitative estimate of drug-likeness (QED) is 0.617. The lowest BCUT2D eigenvalue weighted by molar-refractivity contribution is -0.118. The highest BCUT2D eigenvalue weighted by atomic mass is 32.2. The first-order valence-electron chi connectivity index (χ1n) is 8.37. The van der Waals surface area contributed by atoms with Gasteiger partial charge in [-0.3, -0.25) is 9.89 Å². The fraction of sp³-hybridized carbons (Fsp3) is 0.412. The second-order valence-corrected chi connectivity index (χ2v) is 7.88. The molecule has 26 heavy (non-hydrogen) atoms. The minimum atomic E-state index is -3.85. The third kappa shape index (κ3) is 5.57. The number of aromatic amines is 1. The van der Waals surface area contributed by atoms with Crippen molar-refractivity contribution >= 4 is 21.7 Å². The number of rotatable bonds is 9. The van der Waals surface area contributed by atoms with E-state index in [-0.39, 0.29) is 10.8 Å². The number of nitrogens with zero attached hydrogens (tertiary/aromatic N) is 1. The molecule has 0 saturated heterocycles. The topological polar surface area (TPSA) is 113 Å². The molecule has 3 N–H and O–H groups in total. The largest absolute Gasteiger partial charge is 0.494 e. The Morgan fingerprint density at radius 2 is 1.92 bits per heavy atom. The van der Waals surface area contributed by atoms with E-state index in [1.54, 1.807) is 18.2 Å². The molecule has 1 aromatic heterocycles. The molecule has 142 valence electrons. The number of amides is 1. The highest BCUT2D eigenvalue weighted by Gasteiger charge is 2.27. The number of hydrogen-bond acceptors (Lipinski definition) is 5. The Bertz CT molecular complexity index is 802. The third-order valence-corrected chi connectivity index (χ3v) is 5.01. The molecule has 8 nitrogen and oxygen atoms in total. The van der Waals surface area contributed by atoms with Crippen molar-refractivity contribution in [2.24, 2.45) is 5.92 Å². The van der Waals surface area contributed by atoms with E-state index >= 15 is 0 Å². The van der Waals surface area contributed by atoms with E-state index in [0.717, 1.165) is 0 Å². The van der Waals surface area contributed by atoms with Gasteiger partial charge in [-0.15, -0.1) is 0 Å². The Labute approximate surface area is 153 Å². The predicted molar refractivity (Wildman–Crippen MR) is 98.4 cm³/mol. The Morgan fingerprint density at radius 1 is 1.23 bits per heavy atom. The Morgan fingerprint density at radius 3 is 2.46 bits per heavy atom. The van der Waals surface area contributed by atoms with Crippen molar-refractivity contribution in [2.45, 2.75) is 38.1 Å². The monoisotopic (exact) mass is 380 g/mol. The van der Waals surface area contributed by atoms with Gasteiger partial charge in [-0.1, -0.05) is 13.8 Å². The van der Waals surface area contributed by atoms with Crippen molar-refractivity contribution < 1.29 is 17.9 Å². The summed E-state index contributed by atoms with van der Waals surface area (Å²) in [6.45, 7) is 6.18. The standard InChI is InChI=1S/C17H24N4O4S/c1-4-25-13-5-7-14(8-6-13)26(23,24)21-15(11-12(2)3)17(22)19-16-9-10-18-20-16/h5-10,12,15,21H,4,11H2,1-3H3,(H2,18,19,20,22)/t15-/m0/s1. The van der Waals surface area contributed by atoms with Crippen LogP contribution in [0.1, 0.15) is 27.2 Å². The van der Waals surface area contributed by atoms with Crippen LogP contribution in [0.25, 0.3) is 0 Å². The molecular weight excluding hydrogens is 356 g/mol. The summed E-state index contributed by atoms with van der Waals surface area (Å²) < 4.78 is 33.1. The molecule has 1 atom stereocenters. The van der Waals surface area contributed by atoms with Gasteiger partial charge in [0.1, 0.15) is 17.6 Å². The molecule has 0 fully saturated rings.